The summed E-state index contributed by atoms with van der Waals surface area (Å²) in [4.78, 5) is 5.28. The highest BCUT2D eigenvalue weighted by Gasteiger charge is 2.30. The summed E-state index contributed by atoms with van der Waals surface area (Å²) in [5, 5.41) is 3.90. The number of thiazole rings is 1. The zero-order valence-electron chi connectivity index (χ0n) is 10.4. The van der Waals surface area contributed by atoms with Gasteiger partial charge in [-0.15, -0.1) is 11.3 Å². The van der Waals surface area contributed by atoms with Crippen LogP contribution >= 0.6 is 11.3 Å². The number of aryl methyl sites for hydroxylation is 2. The molecule has 0 bridgehead atoms. The molecular weight excluding hydrogens is 249 g/mol. The van der Waals surface area contributed by atoms with Gasteiger partial charge in [-0.25, -0.2) is 4.98 Å². The Morgan fingerprint density at radius 2 is 1.88 bits per heavy atom. The number of rotatable bonds is 4. The number of alkyl halides is 3. The van der Waals surface area contributed by atoms with Crippen molar-refractivity contribution in [1.29, 1.82) is 0 Å². The minimum Gasteiger partial charge on any atom is -0.307 e. The van der Waals surface area contributed by atoms with Crippen molar-refractivity contribution >= 4 is 11.3 Å². The highest BCUT2D eigenvalue weighted by molar-refractivity contribution is 7.11. The second kappa shape index (κ2) is 5.35. The van der Waals surface area contributed by atoms with Crippen molar-refractivity contribution < 1.29 is 13.2 Å². The minimum absolute atomic E-state index is 0.0986. The molecule has 1 rings (SSSR count). The van der Waals surface area contributed by atoms with Crippen LogP contribution in [0.15, 0.2) is 0 Å². The van der Waals surface area contributed by atoms with Gasteiger partial charge in [-0.05, 0) is 27.7 Å². The van der Waals surface area contributed by atoms with Crippen molar-refractivity contribution in [2.75, 3.05) is 0 Å². The molecule has 1 aromatic heterocycles. The Hall–Kier alpha value is -0.620. The molecule has 0 aliphatic heterocycles. The van der Waals surface area contributed by atoms with Gasteiger partial charge in [-0.3, -0.25) is 0 Å². The normalized spacial score (nSPS) is 15.9. The van der Waals surface area contributed by atoms with Crippen molar-refractivity contribution in [2.24, 2.45) is 0 Å². The van der Waals surface area contributed by atoms with Crippen molar-refractivity contribution in [3.8, 4) is 0 Å². The molecule has 0 saturated carbocycles. The van der Waals surface area contributed by atoms with E-state index in [0.717, 1.165) is 15.6 Å². The zero-order valence-corrected chi connectivity index (χ0v) is 11.2. The van der Waals surface area contributed by atoms with E-state index in [2.05, 4.69) is 10.3 Å². The summed E-state index contributed by atoms with van der Waals surface area (Å²) in [6.45, 7) is 7.19. The second-order valence-corrected chi connectivity index (χ2v) is 5.53. The van der Waals surface area contributed by atoms with Gasteiger partial charge in [0, 0.05) is 17.0 Å². The van der Waals surface area contributed by atoms with Crippen LogP contribution in [0, 0.1) is 13.8 Å². The maximum absolute atomic E-state index is 12.2. The Morgan fingerprint density at radius 3 is 2.29 bits per heavy atom. The molecule has 0 spiro atoms. The fourth-order valence-corrected chi connectivity index (χ4v) is 2.80. The summed E-state index contributed by atoms with van der Waals surface area (Å²) >= 11 is 1.53. The van der Waals surface area contributed by atoms with Crippen LogP contribution in [0.4, 0.5) is 13.2 Å². The van der Waals surface area contributed by atoms with E-state index in [4.69, 9.17) is 0 Å². The lowest BCUT2D eigenvalue weighted by atomic mass is 10.1. The maximum atomic E-state index is 12.2. The molecule has 1 heterocycles. The third-order valence-corrected chi connectivity index (χ3v) is 3.66. The largest absolute Gasteiger partial charge is 0.390 e. The van der Waals surface area contributed by atoms with E-state index in [1.807, 2.05) is 20.8 Å². The molecule has 0 fully saturated rings. The molecule has 1 aromatic rings. The van der Waals surface area contributed by atoms with Gasteiger partial charge in [-0.1, -0.05) is 0 Å². The summed E-state index contributed by atoms with van der Waals surface area (Å²) in [7, 11) is 0. The van der Waals surface area contributed by atoms with Crippen LogP contribution in [0.3, 0.4) is 0 Å². The number of hydrogen-bond donors (Lipinski definition) is 1. The van der Waals surface area contributed by atoms with Crippen molar-refractivity contribution in [3.63, 3.8) is 0 Å². The van der Waals surface area contributed by atoms with E-state index < -0.39 is 18.6 Å². The average Bonchev–Trinajstić information content (AvgIpc) is 2.41. The summed E-state index contributed by atoms with van der Waals surface area (Å²) in [5.74, 6) is 0. The third kappa shape index (κ3) is 4.63. The van der Waals surface area contributed by atoms with E-state index in [1.54, 1.807) is 6.92 Å². The van der Waals surface area contributed by atoms with Crippen LogP contribution in [0.25, 0.3) is 0 Å². The molecule has 6 heteroatoms. The Bertz CT molecular complexity index is 373. The fourth-order valence-electron chi connectivity index (χ4n) is 1.86. The molecule has 0 amide bonds. The number of nitrogens with zero attached hydrogens (tertiary/aromatic N) is 1. The van der Waals surface area contributed by atoms with Crippen molar-refractivity contribution in [2.45, 2.75) is 52.4 Å². The Labute approximate surface area is 103 Å². The SMILES string of the molecule is Cc1nc(C)c(C(C)NC(C)CC(F)(F)F)s1. The smallest absolute Gasteiger partial charge is 0.307 e. The maximum Gasteiger partial charge on any atom is 0.390 e. The molecule has 98 valence electrons. The van der Waals surface area contributed by atoms with Gasteiger partial charge in [0.15, 0.2) is 0 Å². The highest BCUT2D eigenvalue weighted by atomic mass is 32.1. The Balaban J connectivity index is 2.60. The molecule has 2 nitrogen and oxygen atoms in total. The summed E-state index contributed by atoms with van der Waals surface area (Å²) < 4.78 is 36.6. The van der Waals surface area contributed by atoms with Crippen LogP contribution in [0.5, 0.6) is 0 Å². The standard InChI is InChI=1S/C11H17F3N2S/c1-6(5-11(12,13)14)15-7(2)10-8(3)16-9(4)17-10/h6-7,15H,5H2,1-4H3. The monoisotopic (exact) mass is 266 g/mol. The molecule has 0 saturated heterocycles. The number of halogens is 3. The molecular formula is C11H17F3N2S. The van der Waals surface area contributed by atoms with Crippen LogP contribution in [-0.2, 0) is 0 Å². The van der Waals surface area contributed by atoms with E-state index in [0.29, 0.717) is 0 Å². The van der Waals surface area contributed by atoms with Crippen LogP contribution < -0.4 is 5.32 Å². The van der Waals surface area contributed by atoms with Crippen LogP contribution in [0.1, 0.15) is 41.9 Å². The molecule has 1 N–H and O–H groups in total. The predicted octanol–water partition coefficient (Wildman–Crippen LogP) is 3.75. The lowest BCUT2D eigenvalue weighted by Gasteiger charge is -2.20. The predicted molar refractivity (Wildman–Crippen MR) is 63.3 cm³/mol. The summed E-state index contributed by atoms with van der Waals surface area (Å²) in [6.07, 6.45) is -4.93. The van der Waals surface area contributed by atoms with Crippen LogP contribution in [0.2, 0.25) is 0 Å². The molecule has 0 aliphatic rings. The van der Waals surface area contributed by atoms with E-state index in [9.17, 15) is 13.2 Å². The first kappa shape index (κ1) is 14.4. The lowest BCUT2D eigenvalue weighted by molar-refractivity contribution is -0.139. The topological polar surface area (TPSA) is 24.9 Å². The van der Waals surface area contributed by atoms with Gasteiger partial charge < -0.3 is 5.32 Å². The van der Waals surface area contributed by atoms with Crippen LogP contribution in [-0.4, -0.2) is 17.2 Å². The van der Waals surface area contributed by atoms with Crippen molar-refractivity contribution in [1.82, 2.24) is 10.3 Å². The molecule has 0 radical (unpaired) electrons. The first-order chi connectivity index (χ1) is 7.69. The Morgan fingerprint density at radius 1 is 1.29 bits per heavy atom. The van der Waals surface area contributed by atoms with Gasteiger partial charge in [0.2, 0.25) is 0 Å². The van der Waals surface area contributed by atoms with E-state index in [1.165, 1.54) is 11.3 Å². The third-order valence-electron chi connectivity index (χ3n) is 2.40. The Kier molecular flexibility index (Phi) is 4.55. The highest BCUT2D eigenvalue weighted by Crippen LogP contribution is 2.27. The zero-order chi connectivity index (χ0) is 13.2. The average molecular weight is 266 g/mol. The first-order valence-corrected chi connectivity index (χ1v) is 6.27. The van der Waals surface area contributed by atoms with Gasteiger partial charge in [-0.2, -0.15) is 13.2 Å². The summed E-state index contributed by atoms with van der Waals surface area (Å²) in [5.41, 5.74) is 0.895. The number of aromatic nitrogens is 1. The minimum atomic E-state index is -4.12. The second-order valence-electron chi connectivity index (χ2n) is 4.29. The molecule has 0 aliphatic carbocycles. The van der Waals surface area contributed by atoms with E-state index in [-0.39, 0.29) is 6.04 Å². The van der Waals surface area contributed by atoms with Gasteiger partial charge in [0.25, 0.3) is 0 Å². The molecule has 2 unspecified atom stereocenters. The molecule has 0 aromatic carbocycles. The quantitative estimate of drug-likeness (QED) is 0.897. The van der Waals surface area contributed by atoms with Gasteiger partial charge in [0.1, 0.15) is 0 Å². The van der Waals surface area contributed by atoms with Gasteiger partial charge >= 0.3 is 6.18 Å². The molecule has 17 heavy (non-hydrogen) atoms. The van der Waals surface area contributed by atoms with Gasteiger partial charge in [0.05, 0.1) is 17.1 Å². The van der Waals surface area contributed by atoms with E-state index >= 15 is 0 Å². The summed E-state index contributed by atoms with van der Waals surface area (Å²) in [6, 6.07) is -0.689. The first-order valence-electron chi connectivity index (χ1n) is 5.45. The molecule has 2 atom stereocenters. The number of hydrogen-bond acceptors (Lipinski definition) is 3. The fraction of sp³-hybridized carbons (Fsp3) is 0.727. The van der Waals surface area contributed by atoms with Crippen molar-refractivity contribution in [3.05, 3.63) is 15.6 Å². The number of nitrogens with one attached hydrogen (secondary N) is 1. The lowest BCUT2D eigenvalue weighted by Crippen LogP contribution is -2.33.